The van der Waals surface area contributed by atoms with Gasteiger partial charge < -0.3 is 19.9 Å². The molecule has 6 rings (SSSR count). The number of esters is 1. The van der Waals surface area contributed by atoms with E-state index >= 15 is 4.79 Å². The Hall–Kier alpha value is -5.29. The zero-order chi connectivity index (χ0) is 42.3. The van der Waals surface area contributed by atoms with Gasteiger partial charge in [-0.15, -0.1) is 0 Å². The number of rotatable bonds is 21. The van der Waals surface area contributed by atoms with E-state index in [1.807, 2.05) is 90.7 Å². The number of nitrogens with one attached hydrogen (secondary N) is 1. The first kappa shape index (κ1) is 44.3. The lowest BCUT2D eigenvalue weighted by atomic mass is 9.86. The quantitative estimate of drug-likeness (QED) is 0.0507. The second kappa shape index (κ2) is 22.4. The molecule has 0 radical (unpaired) electrons. The fraction of sp³-hybridized carbons (Fsp3) is 0.490. The number of unbranched alkanes of at least 4 members (excludes halogenated alkanes) is 9. The standard InChI is InChI=1S/C49H64N6O5/c1-4-5-6-7-8-9-10-11-12-15-22-38(30-31-45(57)60-42-28-18-14-19-29-42)33-43-48(58)53(35-41-26-20-25-40-27-21-32-50-46(40)41)37(2)47-54(43)44(56)36-52(3)55(47)49(59)51-34-39-23-16-13-17-24-39/h13-14,16-21,23-29,32,37-38,43,47H,4-12,15,22,30-31,33-36H2,1-3H3,(H,51,59)/t37-,38?,43-,47?/m0/s1. The molecular weight excluding hydrogens is 753 g/mol. The number of amides is 4. The number of urea groups is 1. The lowest BCUT2D eigenvalue weighted by Gasteiger charge is -2.57. The van der Waals surface area contributed by atoms with Crippen molar-refractivity contribution in [1.29, 1.82) is 0 Å². The summed E-state index contributed by atoms with van der Waals surface area (Å²) in [4.78, 5) is 65.0. The number of likely N-dealkylation sites (N-methyl/N-ethyl adjacent to an activating group) is 1. The maximum absolute atomic E-state index is 15.1. The van der Waals surface area contributed by atoms with Gasteiger partial charge >= 0.3 is 12.0 Å². The fourth-order valence-corrected chi connectivity index (χ4v) is 8.94. The largest absolute Gasteiger partial charge is 0.427 e. The minimum Gasteiger partial charge on any atom is -0.427 e. The third-order valence-corrected chi connectivity index (χ3v) is 12.2. The number of hydrazine groups is 1. The van der Waals surface area contributed by atoms with Gasteiger partial charge in [-0.1, -0.05) is 150 Å². The summed E-state index contributed by atoms with van der Waals surface area (Å²) in [5.74, 6) is -0.223. The minimum atomic E-state index is -0.835. The molecule has 60 heavy (non-hydrogen) atoms. The summed E-state index contributed by atoms with van der Waals surface area (Å²) >= 11 is 0. The smallest absolute Gasteiger partial charge is 0.334 e. The van der Waals surface area contributed by atoms with E-state index in [9.17, 15) is 14.4 Å². The summed E-state index contributed by atoms with van der Waals surface area (Å²) < 4.78 is 5.68. The number of fused-ring (bicyclic) bond motifs is 2. The van der Waals surface area contributed by atoms with Crippen LogP contribution in [0.25, 0.3) is 10.9 Å². The van der Waals surface area contributed by atoms with Gasteiger partial charge in [0.1, 0.15) is 18.0 Å². The van der Waals surface area contributed by atoms with Crippen LogP contribution in [0.15, 0.2) is 97.2 Å². The average Bonchev–Trinajstić information content (AvgIpc) is 3.26. The molecule has 0 saturated carbocycles. The summed E-state index contributed by atoms with van der Waals surface area (Å²) in [5, 5.41) is 7.35. The van der Waals surface area contributed by atoms with Crippen molar-refractivity contribution in [2.45, 2.75) is 135 Å². The minimum absolute atomic E-state index is 0.0424. The van der Waals surface area contributed by atoms with Crippen LogP contribution in [0, 0.1) is 5.92 Å². The Labute approximate surface area is 356 Å². The third-order valence-electron chi connectivity index (χ3n) is 12.2. The van der Waals surface area contributed by atoms with Crippen LogP contribution in [0.1, 0.15) is 115 Å². The van der Waals surface area contributed by atoms with Gasteiger partial charge in [0, 0.05) is 38.1 Å². The molecular formula is C49H64N6O5. The molecule has 0 bridgehead atoms. The van der Waals surface area contributed by atoms with Crippen molar-refractivity contribution in [3.8, 4) is 5.75 Å². The summed E-state index contributed by atoms with van der Waals surface area (Å²) in [5.41, 5.74) is 2.65. The summed E-state index contributed by atoms with van der Waals surface area (Å²) in [6, 6.07) is 26.9. The molecule has 1 aromatic heterocycles. The van der Waals surface area contributed by atoms with E-state index < -0.39 is 18.2 Å². The van der Waals surface area contributed by atoms with Crippen molar-refractivity contribution in [2.24, 2.45) is 5.92 Å². The monoisotopic (exact) mass is 816 g/mol. The average molecular weight is 817 g/mol. The molecule has 11 nitrogen and oxygen atoms in total. The number of nitrogens with zero attached hydrogens (tertiary/aromatic N) is 5. The van der Waals surface area contributed by atoms with Crippen LogP contribution in [0.2, 0.25) is 0 Å². The summed E-state index contributed by atoms with van der Waals surface area (Å²) in [6.07, 6.45) is 15.0. The summed E-state index contributed by atoms with van der Waals surface area (Å²) in [7, 11) is 1.75. The number of ether oxygens (including phenoxy) is 1. The van der Waals surface area contributed by atoms with Gasteiger partial charge in [0.25, 0.3) is 0 Å². The Morgan fingerprint density at radius 2 is 1.48 bits per heavy atom. The Kier molecular flexibility index (Phi) is 16.5. The zero-order valence-corrected chi connectivity index (χ0v) is 35.8. The van der Waals surface area contributed by atoms with E-state index in [0.717, 1.165) is 47.7 Å². The first-order valence-corrected chi connectivity index (χ1v) is 22.3. The first-order valence-electron chi connectivity index (χ1n) is 22.3. The van der Waals surface area contributed by atoms with Gasteiger partial charge in [0.15, 0.2) is 0 Å². The first-order chi connectivity index (χ1) is 29.2. The molecule has 3 heterocycles. The fourth-order valence-electron chi connectivity index (χ4n) is 8.94. The number of aromatic nitrogens is 1. The molecule has 2 aliphatic rings. The van der Waals surface area contributed by atoms with Crippen molar-refractivity contribution < 1.29 is 23.9 Å². The third kappa shape index (κ3) is 11.7. The SMILES string of the molecule is CCCCCCCCCCCCC(CCC(=O)Oc1ccccc1)C[C@H]1C(=O)N(Cc2cccc3cccnc23)[C@@H](C)C2N1C(=O)CN(C)N2C(=O)NCc1ccccc1. The maximum atomic E-state index is 15.1. The van der Waals surface area contributed by atoms with Gasteiger partial charge in [-0.05, 0) is 55.0 Å². The Morgan fingerprint density at radius 3 is 2.20 bits per heavy atom. The molecule has 11 heteroatoms. The number of carbonyl (C=O) groups is 4. The normalized spacial score (nSPS) is 18.7. The topological polar surface area (TPSA) is 115 Å². The molecule has 320 valence electrons. The van der Waals surface area contributed by atoms with Crippen LogP contribution in [-0.4, -0.2) is 80.5 Å². The highest BCUT2D eigenvalue weighted by Gasteiger charge is 2.54. The van der Waals surface area contributed by atoms with Crippen LogP contribution < -0.4 is 10.1 Å². The number of carbonyl (C=O) groups excluding carboxylic acids is 4. The van der Waals surface area contributed by atoms with Gasteiger partial charge in [-0.2, -0.15) is 0 Å². The van der Waals surface area contributed by atoms with Crippen molar-refractivity contribution in [3.05, 3.63) is 108 Å². The number of hydrogen-bond donors (Lipinski definition) is 1. The molecule has 4 atom stereocenters. The van der Waals surface area contributed by atoms with E-state index in [1.54, 1.807) is 40.3 Å². The van der Waals surface area contributed by atoms with E-state index in [4.69, 9.17) is 4.74 Å². The van der Waals surface area contributed by atoms with E-state index in [1.165, 1.54) is 44.9 Å². The van der Waals surface area contributed by atoms with Crippen molar-refractivity contribution >= 4 is 34.7 Å². The highest BCUT2D eigenvalue weighted by atomic mass is 16.5. The van der Waals surface area contributed by atoms with Crippen LogP contribution in [0.5, 0.6) is 5.75 Å². The van der Waals surface area contributed by atoms with Crippen LogP contribution >= 0.6 is 0 Å². The number of benzene rings is 3. The van der Waals surface area contributed by atoms with Gasteiger partial charge in [-0.25, -0.2) is 14.8 Å². The van der Waals surface area contributed by atoms with Crippen molar-refractivity contribution in [2.75, 3.05) is 13.6 Å². The lowest BCUT2D eigenvalue weighted by molar-refractivity contribution is -0.197. The molecule has 1 N–H and O–H groups in total. The number of piperazine rings is 1. The highest BCUT2D eigenvalue weighted by Crippen LogP contribution is 2.36. The molecule has 2 aliphatic heterocycles. The molecule has 3 aromatic carbocycles. The van der Waals surface area contributed by atoms with Crippen LogP contribution in [0.3, 0.4) is 0 Å². The molecule has 2 unspecified atom stereocenters. The molecule has 2 saturated heterocycles. The second-order valence-corrected chi connectivity index (χ2v) is 16.6. The zero-order valence-electron chi connectivity index (χ0n) is 35.8. The van der Waals surface area contributed by atoms with E-state index in [0.29, 0.717) is 25.1 Å². The van der Waals surface area contributed by atoms with E-state index in [-0.39, 0.29) is 49.2 Å². The number of hydrogen-bond acceptors (Lipinski definition) is 7. The highest BCUT2D eigenvalue weighted by molar-refractivity contribution is 5.92. The van der Waals surface area contributed by atoms with Gasteiger partial charge in [0.2, 0.25) is 11.8 Å². The lowest BCUT2D eigenvalue weighted by Crippen LogP contribution is -2.78. The molecule has 4 amide bonds. The Morgan fingerprint density at radius 1 is 0.817 bits per heavy atom. The second-order valence-electron chi connectivity index (χ2n) is 16.6. The number of para-hydroxylation sites is 2. The molecule has 0 spiro atoms. The predicted octanol–water partition coefficient (Wildman–Crippen LogP) is 9.26. The van der Waals surface area contributed by atoms with Crippen LogP contribution in [0.4, 0.5) is 4.79 Å². The van der Waals surface area contributed by atoms with Gasteiger partial charge in [0.05, 0.1) is 18.1 Å². The maximum Gasteiger partial charge on any atom is 0.334 e. The number of pyridine rings is 1. The van der Waals surface area contributed by atoms with Crippen LogP contribution in [-0.2, 0) is 27.5 Å². The van der Waals surface area contributed by atoms with Gasteiger partial charge in [-0.3, -0.25) is 19.4 Å². The molecule has 2 fully saturated rings. The Bertz CT molecular complexity index is 1990. The molecule has 0 aliphatic carbocycles. The predicted molar refractivity (Wildman–Crippen MR) is 235 cm³/mol. The molecule has 4 aromatic rings. The van der Waals surface area contributed by atoms with E-state index in [2.05, 4.69) is 17.2 Å². The summed E-state index contributed by atoms with van der Waals surface area (Å²) in [6.45, 7) is 4.69. The van der Waals surface area contributed by atoms with Crippen molar-refractivity contribution in [1.82, 2.24) is 30.1 Å². The van der Waals surface area contributed by atoms with Crippen molar-refractivity contribution in [3.63, 3.8) is 0 Å². The Balaban J connectivity index is 1.25.